The van der Waals surface area contributed by atoms with E-state index in [4.69, 9.17) is 19.5 Å². The highest BCUT2D eigenvalue weighted by atomic mass is 16.5. The van der Waals surface area contributed by atoms with E-state index in [0.29, 0.717) is 0 Å². The molecule has 0 spiro atoms. The zero-order chi connectivity index (χ0) is 13.0. The van der Waals surface area contributed by atoms with Gasteiger partial charge in [0.25, 0.3) is 0 Å². The summed E-state index contributed by atoms with van der Waals surface area (Å²) in [6.07, 6.45) is 1.13. The Morgan fingerprint density at radius 3 is 2.53 bits per heavy atom. The number of methoxy groups -OCH3 is 2. The Kier molecular flexibility index (Phi) is 4.76. The lowest BCUT2D eigenvalue weighted by Gasteiger charge is -2.22. The molecule has 9 heteroatoms. The Labute approximate surface area is 98.2 Å². The largest absolute Gasteiger partial charge is 0.504 e. The predicted octanol–water partition coefficient (Wildman–Crippen LogP) is -1.92. The van der Waals surface area contributed by atoms with E-state index < -0.39 is 24.9 Å². The molecule has 94 valence electrons. The lowest BCUT2D eigenvalue weighted by Crippen LogP contribution is -2.53. The van der Waals surface area contributed by atoms with Crippen LogP contribution in [0.3, 0.4) is 0 Å². The van der Waals surface area contributed by atoms with Crippen molar-refractivity contribution in [2.45, 2.75) is 5.82 Å². The van der Waals surface area contributed by atoms with Gasteiger partial charge in [0.2, 0.25) is 0 Å². The minimum atomic E-state index is -1.88. The Hall–Kier alpha value is -1.29. The molecule has 0 saturated carbocycles. The highest BCUT2D eigenvalue weighted by Crippen LogP contribution is 2.15. The van der Waals surface area contributed by atoms with Crippen LogP contribution in [0, 0.1) is 0 Å². The summed E-state index contributed by atoms with van der Waals surface area (Å²) in [5.74, 6) is -1.93. The SMILES string of the molecule is COCN1C(=O)C(B(O)O)C=[N+](COC)C1=O. The third-order valence-corrected chi connectivity index (χ3v) is 2.22. The second kappa shape index (κ2) is 5.87. The molecule has 1 rings (SSSR count). The molecule has 0 aromatic heterocycles. The molecular formula is C8H14BN2O6+. The molecule has 0 aromatic rings. The number of carbonyl (C=O) groups excluding carboxylic acids is 2. The van der Waals surface area contributed by atoms with Crippen LogP contribution in [-0.4, -0.2) is 72.5 Å². The molecule has 8 nitrogen and oxygen atoms in total. The third-order valence-electron chi connectivity index (χ3n) is 2.22. The highest BCUT2D eigenvalue weighted by molar-refractivity contribution is 6.55. The number of hydrogen-bond acceptors (Lipinski definition) is 6. The van der Waals surface area contributed by atoms with Crippen LogP contribution < -0.4 is 0 Å². The van der Waals surface area contributed by atoms with Gasteiger partial charge in [-0.25, -0.2) is 4.79 Å². The standard InChI is InChI=1S/C8H14BN2O6/c1-16-4-10-3-6(9(14)15)7(12)11(5-17-2)8(10)13/h3,6,14-15H,4-5H2,1-2H3/q+1. The van der Waals surface area contributed by atoms with E-state index in [2.05, 4.69) is 0 Å². The zero-order valence-corrected chi connectivity index (χ0v) is 9.57. The van der Waals surface area contributed by atoms with Crippen LogP contribution >= 0.6 is 0 Å². The van der Waals surface area contributed by atoms with Gasteiger partial charge < -0.3 is 19.5 Å². The third kappa shape index (κ3) is 2.89. The molecule has 3 amide bonds. The van der Waals surface area contributed by atoms with E-state index >= 15 is 0 Å². The molecule has 0 bridgehead atoms. The minimum Gasteiger partial charge on any atom is -0.426 e. The number of nitrogens with zero attached hydrogens (tertiary/aromatic N) is 2. The molecule has 2 N–H and O–H groups in total. The lowest BCUT2D eigenvalue weighted by atomic mass is 9.72. The fraction of sp³-hybridized carbons (Fsp3) is 0.625. The summed E-state index contributed by atoms with van der Waals surface area (Å²) in [6, 6.07) is -0.629. The summed E-state index contributed by atoms with van der Waals surface area (Å²) >= 11 is 0. The molecule has 0 aromatic carbocycles. The van der Waals surface area contributed by atoms with Crippen LogP contribution in [0.25, 0.3) is 0 Å². The average molecular weight is 245 g/mol. The summed E-state index contributed by atoms with van der Waals surface area (Å²) in [5.41, 5.74) is 0. The van der Waals surface area contributed by atoms with E-state index in [1.165, 1.54) is 14.2 Å². The lowest BCUT2D eigenvalue weighted by molar-refractivity contribution is -0.481. The van der Waals surface area contributed by atoms with Gasteiger partial charge >= 0.3 is 19.1 Å². The van der Waals surface area contributed by atoms with Crippen LogP contribution in [0.15, 0.2) is 0 Å². The highest BCUT2D eigenvalue weighted by Gasteiger charge is 2.47. The second-order valence-corrected chi connectivity index (χ2v) is 3.44. The Balaban J connectivity index is 3.02. The van der Waals surface area contributed by atoms with E-state index in [1.54, 1.807) is 0 Å². The van der Waals surface area contributed by atoms with E-state index in [-0.39, 0.29) is 13.5 Å². The summed E-state index contributed by atoms with van der Waals surface area (Å²) in [5, 5.41) is 18.1. The number of amides is 3. The van der Waals surface area contributed by atoms with Crippen molar-refractivity contribution in [1.82, 2.24) is 4.90 Å². The monoisotopic (exact) mass is 245 g/mol. The van der Waals surface area contributed by atoms with Crippen molar-refractivity contribution in [3.8, 4) is 0 Å². The van der Waals surface area contributed by atoms with E-state index in [9.17, 15) is 9.59 Å². The Morgan fingerprint density at radius 1 is 1.41 bits per heavy atom. The maximum Gasteiger partial charge on any atom is 0.504 e. The quantitative estimate of drug-likeness (QED) is 0.432. The van der Waals surface area contributed by atoms with Gasteiger partial charge in [0.1, 0.15) is 0 Å². The van der Waals surface area contributed by atoms with Gasteiger partial charge in [-0.05, 0) is 0 Å². The van der Waals surface area contributed by atoms with Crippen LogP contribution in [0.2, 0.25) is 5.82 Å². The van der Waals surface area contributed by atoms with Gasteiger partial charge in [0, 0.05) is 14.2 Å². The predicted molar refractivity (Wildman–Crippen MR) is 56.3 cm³/mol. The van der Waals surface area contributed by atoms with Gasteiger partial charge in [-0.2, -0.15) is 9.37 Å². The van der Waals surface area contributed by atoms with Gasteiger partial charge in [0.15, 0.2) is 19.3 Å². The number of imide groups is 1. The zero-order valence-electron chi connectivity index (χ0n) is 9.57. The summed E-state index contributed by atoms with van der Waals surface area (Å²) in [6.45, 7) is -0.343. The molecule has 1 aliphatic rings. The Bertz CT molecular complexity index is 345. The topological polar surface area (TPSA) is 99.3 Å². The van der Waals surface area contributed by atoms with Crippen molar-refractivity contribution < 1.29 is 33.7 Å². The van der Waals surface area contributed by atoms with Crippen molar-refractivity contribution in [2.75, 3.05) is 27.7 Å². The van der Waals surface area contributed by atoms with Crippen LogP contribution in [0.5, 0.6) is 0 Å². The van der Waals surface area contributed by atoms with E-state index in [0.717, 1.165) is 15.7 Å². The summed E-state index contributed by atoms with van der Waals surface area (Å²) < 4.78 is 10.6. The Morgan fingerprint density at radius 2 is 2.06 bits per heavy atom. The van der Waals surface area contributed by atoms with Crippen LogP contribution in [0.4, 0.5) is 4.79 Å². The average Bonchev–Trinajstić information content (AvgIpc) is 2.27. The van der Waals surface area contributed by atoms with Crippen molar-refractivity contribution in [1.29, 1.82) is 0 Å². The molecule has 1 unspecified atom stereocenters. The van der Waals surface area contributed by atoms with Crippen molar-refractivity contribution >= 4 is 25.3 Å². The van der Waals surface area contributed by atoms with Gasteiger partial charge in [-0.3, -0.25) is 0 Å². The van der Waals surface area contributed by atoms with Crippen molar-refractivity contribution in [2.24, 2.45) is 0 Å². The number of hydrogen-bond donors (Lipinski definition) is 2. The fourth-order valence-electron chi connectivity index (χ4n) is 1.44. The molecule has 0 fully saturated rings. The van der Waals surface area contributed by atoms with Crippen LogP contribution in [-0.2, 0) is 14.3 Å². The number of ether oxygens (including phenoxy) is 2. The van der Waals surface area contributed by atoms with Crippen molar-refractivity contribution in [3.05, 3.63) is 0 Å². The first-order chi connectivity index (χ1) is 8.02. The number of rotatable bonds is 5. The van der Waals surface area contributed by atoms with Gasteiger partial charge in [-0.15, -0.1) is 4.90 Å². The number of urea groups is 1. The molecule has 0 radical (unpaired) electrons. The molecule has 1 atom stereocenters. The fourth-order valence-corrected chi connectivity index (χ4v) is 1.44. The molecule has 1 heterocycles. The van der Waals surface area contributed by atoms with Crippen molar-refractivity contribution in [3.63, 3.8) is 0 Å². The number of carbonyl (C=O) groups is 2. The van der Waals surface area contributed by atoms with Gasteiger partial charge in [0.05, 0.1) is 6.21 Å². The second-order valence-electron chi connectivity index (χ2n) is 3.44. The summed E-state index contributed by atoms with van der Waals surface area (Å²) in [4.78, 5) is 24.3. The summed E-state index contributed by atoms with van der Waals surface area (Å²) in [7, 11) is 0.821. The molecule has 0 saturated heterocycles. The maximum absolute atomic E-state index is 11.8. The van der Waals surface area contributed by atoms with Gasteiger partial charge in [-0.1, -0.05) is 0 Å². The molecule has 0 aliphatic carbocycles. The molecule has 17 heavy (non-hydrogen) atoms. The smallest absolute Gasteiger partial charge is 0.426 e. The van der Waals surface area contributed by atoms with E-state index in [1.807, 2.05) is 0 Å². The molecule has 1 aliphatic heterocycles. The van der Waals surface area contributed by atoms with Crippen LogP contribution in [0.1, 0.15) is 0 Å². The molecular weight excluding hydrogens is 231 g/mol. The minimum absolute atomic E-state index is 0.0878. The normalized spacial score (nSPS) is 20.6. The first-order valence-electron chi connectivity index (χ1n) is 4.84. The first-order valence-corrected chi connectivity index (χ1v) is 4.84. The first kappa shape index (κ1) is 13.8. The maximum atomic E-state index is 11.8.